The highest BCUT2D eigenvalue weighted by molar-refractivity contribution is 5.99. The number of aliphatic carboxylic acids is 1. The lowest BCUT2D eigenvalue weighted by Crippen LogP contribution is -2.63. The summed E-state index contributed by atoms with van der Waals surface area (Å²) >= 11 is 0. The fourth-order valence-electron chi connectivity index (χ4n) is 6.82. The van der Waals surface area contributed by atoms with Gasteiger partial charge in [-0.25, -0.2) is 0 Å². The minimum Gasteiger partial charge on any atom is -0.480 e. The quantitative estimate of drug-likeness (QED) is 0.0285. The number of carbonyl (C=O) groups excluding carboxylic acids is 11. The molecule has 30 heteroatoms. The standard InChI is InChI=1S/C46H75N13O17/c1-21(2)34(43(72)53-27(14-10-11-15-47)38(67)51-23(4)46(75)76)57-37(66)22(3)50-44(73)35(24(5)62)59-42(71)31(20-61)56-45(74)36(25(6)63)58-40(69)28(16-26-12-8-7-9-13-26)54-39(68)29(17-32(49)64)55-41(70)30(19-60)52-33(65)18-48/h7-9,12-13,21-25,27-31,34-36,60-63H,10-11,14-20,47-48H2,1-6H3,(H2,49,64)(H,50,73)(H,51,67)(H,52,65)(H,53,72)(H,54,68)(H,55,70)(H,56,74)(H,57,66)(H,58,69)(H,59,71)(H,75,76)/t22-,23-,24+,25+,27-,28-,29-,30-,31-,34-,35-,36-/m0/s1. The Hall–Kier alpha value is -7.38. The van der Waals surface area contributed by atoms with Crippen molar-refractivity contribution in [3.63, 3.8) is 0 Å². The van der Waals surface area contributed by atoms with Gasteiger partial charge in [0.15, 0.2) is 0 Å². The molecule has 0 aliphatic heterocycles. The second kappa shape index (κ2) is 33.5. The molecule has 0 aromatic heterocycles. The third-order valence-corrected chi connectivity index (χ3v) is 11.2. The Kier molecular flexibility index (Phi) is 29.4. The van der Waals surface area contributed by atoms with Crippen molar-refractivity contribution in [1.29, 1.82) is 0 Å². The Morgan fingerprint density at radius 2 is 0.908 bits per heavy atom. The molecule has 0 saturated carbocycles. The third kappa shape index (κ3) is 23.0. The molecule has 0 spiro atoms. The summed E-state index contributed by atoms with van der Waals surface area (Å²) < 4.78 is 0. The Morgan fingerprint density at radius 1 is 0.487 bits per heavy atom. The van der Waals surface area contributed by atoms with Gasteiger partial charge < -0.3 is 95.9 Å². The topological polar surface area (TPSA) is 504 Å². The van der Waals surface area contributed by atoms with Crippen molar-refractivity contribution in [3.05, 3.63) is 35.9 Å². The van der Waals surface area contributed by atoms with E-state index in [0.717, 1.165) is 13.8 Å². The van der Waals surface area contributed by atoms with E-state index in [1.54, 1.807) is 44.2 Å². The summed E-state index contributed by atoms with van der Waals surface area (Å²) in [6.07, 6.45) is -3.64. The lowest BCUT2D eigenvalue weighted by molar-refractivity contribution is -0.142. The second-order valence-electron chi connectivity index (χ2n) is 18.1. The minimum absolute atomic E-state index is 0.0805. The van der Waals surface area contributed by atoms with E-state index < -0.39 is 176 Å². The van der Waals surface area contributed by atoms with E-state index in [0.29, 0.717) is 18.4 Å². The predicted molar refractivity (Wildman–Crippen MR) is 267 cm³/mol. The highest BCUT2D eigenvalue weighted by atomic mass is 16.4. The number of rotatable bonds is 34. The normalized spacial score (nSPS) is 15.8. The van der Waals surface area contributed by atoms with E-state index in [1.807, 2.05) is 0 Å². The summed E-state index contributed by atoms with van der Waals surface area (Å²) in [4.78, 5) is 156. The number of benzene rings is 1. The van der Waals surface area contributed by atoms with Crippen LogP contribution in [0.4, 0.5) is 0 Å². The number of carbonyl (C=O) groups is 12. The van der Waals surface area contributed by atoms with Crippen molar-refractivity contribution < 1.29 is 83.1 Å². The summed E-state index contributed by atoms with van der Waals surface area (Å²) in [5.41, 5.74) is 16.6. The van der Waals surface area contributed by atoms with Crippen molar-refractivity contribution in [1.82, 2.24) is 53.2 Å². The van der Waals surface area contributed by atoms with Crippen LogP contribution in [0.1, 0.15) is 72.8 Å². The van der Waals surface area contributed by atoms with Crippen molar-refractivity contribution in [3.8, 4) is 0 Å². The summed E-state index contributed by atoms with van der Waals surface area (Å²) in [7, 11) is 0. The van der Waals surface area contributed by atoms with Gasteiger partial charge in [-0.1, -0.05) is 44.2 Å². The zero-order valence-corrected chi connectivity index (χ0v) is 43.1. The van der Waals surface area contributed by atoms with Crippen LogP contribution >= 0.6 is 0 Å². The number of aliphatic hydroxyl groups is 4. The molecule has 0 aliphatic rings. The zero-order chi connectivity index (χ0) is 58.0. The van der Waals surface area contributed by atoms with Gasteiger partial charge in [-0.3, -0.25) is 57.5 Å². The molecule has 0 heterocycles. The van der Waals surface area contributed by atoms with Gasteiger partial charge in [-0.15, -0.1) is 0 Å². The number of nitrogens with two attached hydrogens (primary N) is 3. The van der Waals surface area contributed by atoms with E-state index in [4.69, 9.17) is 17.2 Å². The van der Waals surface area contributed by atoms with E-state index in [-0.39, 0.29) is 19.4 Å². The molecule has 0 fully saturated rings. The molecular formula is C46H75N13O17. The summed E-state index contributed by atoms with van der Waals surface area (Å²) in [6, 6.07) is -8.09. The van der Waals surface area contributed by atoms with Gasteiger partial charge in [0.1, 0.15) is 60.4 Å². The molecule has 30 nitrogen and oxygen atoms in total. The first-order valence-electron chi connectivity index (χ1n) is 24.2. The Balaban J connectivity index is 3.26. The van der Waals surface area contributed by atoms with Gasteiger partial charge in [0.25, 0.3) is 0 Å². The van der Waals surface area contributed by atoms with Gasteiger partial charge in [-0.2, -0.15) is 0 Å². The Bertz CT molecular complexity index is 2170. The number of hydrogen-bond donors (Lipinski definition) is 18. The van der Waals surface area contributed by atoms with Crippen molar-refractivity contribution in [2.75, 3.05) is 26.3 Å². The largest absolute Gasteiger partial charge is 0.480 e. The number of unbranched alkanes of at least 4 members (excludes halogenated alkanes) is 1. The first-order chi connectivity index (χ1) is 35.6. The van der Waals surface area contributed by atoms with Crippen molar-refractivity contribution >= 4 is 70.9 Å². The van der Waals surface area contributed by atoms with Gasteiger partial charge >= 0.3 is 5.97 Å². The fourth-order valence-corrected chi connectivity index (χ4v) is 6.82. The maximum atomic E-state index is 13.9. The number of carboxylic acids is 1. The van der Waals surface area contributed by atoms with E-state index in [2.05, 4.69) is 53.2 Å². The van der Waals surface area contributed by atoms with Crippen LogP contribution in [0.5, 0.6) is 0 Å². The van der Waals surface area contributed by atoms with Crippen LogP contribution in [-0.2, 0) is 64.0 Å². The molecule has 1 aromatic carbocycles. The molecule has 21 N–H and O–H groups in total. The summed E-state index contributed by atoms with van der Waals surface area (Å²) in [6.45, 7) is 5.33. The minimum atomic E-state index is -1.94. The van der Waals surface area contributed by atoms with Gasteiger partial charge in [0.2, 0.25) is 65.0 Å². The van der Waals surface area contributed by atoms with Crippen LogP contribution in [0.2, 0.25) is 0 Å². The highest BCUT2D eigenvalue weighted by Gasteiger charge is 2.37. The second-order valence-corrected chi connectivity index (χ2v) is 18.1. The molecule has 76 heavy (non-hydrogen) atoms. The van der Waals surface area contributed by atoms with E-state index in [9.17, 15) is 83.1 Å². The van der Waals surface area contributed by atoms with Gasteiger partial charge in [-0.05, 0) is 65.0 Å². The van der Waals surface area contributed by atoms with Crippen LogP contribution in [0.25, 0.3) is 0 Å². The average Bonchev–Trinajstić information content (AvgIpc) is 3.35. The smallest absolute Gasteiger partial charge is 0.325 e. The van der Waals surface area contributed by atoms with Crippen molar-refractivity contribution in [2.45, 2.75) is 146 Å². The van der Waals surface area contributed by atoms with Crippen LogP contribution in [0.15, 0.2) is 30.3 Å². The predicted octanol–water partition coefficient (Wildman–Crippen LogP) is -8.43. The molecule has 0 bridgehead atoms. The molecule has 0 unspecified atom stereocenters. The first kappa shape index (κ1) is 66.6. The molecule has 0 saturated heterocycles. The van der Waals surface area contributed by atoms with Gasteiger partial charge in [0, 0.05) is 6.42 Å². The monoisotopic (exact) mass is 1080 g/mol. The molecule has 11 amide bonds. The molecule has 426 valence electrons. The number of hydrogen-bond acceptors (Lipinski definition) is 18. The first-order valence-corrected chi connectivity index (χ1v) is 24.2. The molecule has 0 radical (unpaired) electrons. The van der Waals surface area contributed by atoms with Crippen molar-refractivity contribution in [2.24, 2.45) is 23.1 Å². The highest BCUT2D eigenvalue weighted by Crippen LogP contribution is 2.10. The SMILES string of the molecule is CC(C)[C@H](NC(=O)[C@H](C)NC(=O)[C@@H](NC(=O)[C@H](CO)NC(=O)[C@@H](NC(=O)[C@H](Cc1ccccc1)NC(=O)[C@H](CC(N)=O)NC(=O)[C@H](CO)NC(=O)CN)[C@@H](C)O)[C@@H](C)O)C(=O)N[C@@H](CCCCN)C(=O)N[C@@H](C)C(=O)O. The summed E-state index contributed by atoms with van der Waals surface area (Å²) in [5.74, 6) is -13.6. The molecule has 0 aliphatic carbocycles. The van der Waals surface area contributed by atoms with Crippen LogP contribution in [0, 0.1) is 5.92 Å². The van der Waals surface area contributed by atoms with Gasteiger partial charge in [0.05, 0.1) is 38.4 Å². The molecule has 12 atom stereocenters. The number of amides is 11. The van der Waals surface area contributed by atoms with Crippen LogP contribution in [0.3, 0.4) is 0 Å². The summed E-state index contributed by atoms with van der Waals surface area (Å²) in [5, 5.41) is 73.0. The molecule has 1 aromatic rings. The van der Waals surface area contributed by atoms with E-state index >= 15 is 0 Å². The van der Waals surface area contributed by atoms with E-state index in [1.165, 1.54) is 13.8 Å². The number of aliphatic hydroxyl groups excluding tert-OH is 4. The third-order valence-electron chi connectivity index (χ3n) is 11.2. The number of nitrogens with one attached hydrogen (secondary N) is 10. The average molecular weight is 1080 g/mol. The Labute approximate surface area is 437 Å². The van der Waals surface area contributed by atoms with Crippen LogP contribution < -0.4 is 70.4 Å². The number of carboxylic acid groups (broad SMARTS) is 1. The zero-order valence-electron chi connectivity index (χ0n) is 43.1. The maximum Gasteiger partial charge on any atom is 0.325 e. The fraction of sp³-hybridized carbons (Fsp3) is 0.609. The number of primary amides is 1. The Morgan fingerprint density at radius 3 is 1.39 bits per heavy atom. The lowest BCUT2D eigenvalue weighted by Gasteiger charge is -2.29. The molecule has 1 rings (SSSR count). The lowest BCUT2D eigenvalue weighted by atomic mass is 10.0. The molecular weight excluding hydrogens is 1010 g/mol. The maximum absolute atomic E-state index is 13.9. The van der Waals surface area contributed by atoms with Crippen LogP contribution in [-0.4, -0.2) is 195 Å².